The lowest BCUT2D eigenvalue weighted by molar-refractivity contribution is 0.102. The Kier molecular flexibility index (Phi) is 4.21. The van der Waals surface area contributed by atoms with Gasteiger partial charge < -0.3 is 10.3 Å². The Labute approximate surface area is 123 Å². The minimum atomic E-state index is -0.446. The molecule has 0 saturated heterocycles. The summed E-state index contributed by atoms with van der Waals surface area (Å²) in [5, 5.41) is 2.73. The number of H-pyrrole nitrogens is 1. The van der Waals surface area contributed by atoms with Crippen LogP contribution in [0.2, 0.25) is 0 Å². The predicted octanol–water partition coefficient (Wildman–Crippen LogP) is 2.76. The average molecular weight is 285 g/mol. The molecule has 0 saturated carbocycles. The molecular formula is C16H19N3O2. The van der Waals surface area contributed by atoms with Gasteiger partial charge in [-0.15, -0.1) is 0 Å². The number of benzene rings is 1. The third-order valence-corrected chi connectivity index (χ3v) is 3.28. The molecule has 5 heteroatoms. The highest BCUT2D eigenvalue weighted by atomic mass is 16.2. The van der Waals surface area contributed by atoms with Crippen LogP contribution in [0.5, 0.6) is 0 Å². The van der Waals surface area contributed by atoms with Gasteiger partial charge in [-0.25, -0.2) is 4.98 Å². The van der Waals surface area contributed by atoms with Crippen LogP contribution in [0.3, 0.4) is 0 Å². The molecule has 2 aromatic rings. The molecular weight excluding hydrogens is 266 g/mol. The molecule has 0 atom stereocenters. The van der Waals surface area contributed by atoms with E-state index in [0.29, 0.717) is 23.1 Å². The van der Waals surface area contributed by atoms with Gasteiger partial charge in [-0.05, 0) is 37.5 Å². The van der Waals surface area contributed by atoms with Crippen LogP contribution in [0.15, 0.2) is 29.1 Å². The lowest BCUT2D eigenvalue weighted by Gasteiger charge is -2.09. The topological polar surface area (TPSA) is 74.8 Å². The summed E-state index contributed by atoms with van der Waals surface area (Å²) in [6.45, 7) is 7.54. The van der Waals surface area contributed by atoms with E-state index >= 15 is 0 Å². The van der Waals surface area contributed by atoms with E-state index in [0.717, 1.165) is 0 Å². The van der Waals surface area contributed by atoms with Gasteiger partial charge in [-0.2, -0.15) is 0 Å². The Balaban J connectivity index is 2.24. The van der Waals surface area contributed by atoms with Crippen molar-refractivity contribution in [1.29, 1.82) is 0 Å². The minimum absolute atomic E-state index is 0.0496. The molecule has 1 amide bonds. The summed E-state index contributed by atoms with van der Waals surface area (Å²) in [5.41, 5.74) is 1.90. The maximum Gasteiger partial charge on any atom is 0.264 e. The largest absolute Gasteiger partial charge is 0.322 e. The van der Waals surface area contributed by atoms with Gasteiger partial charge in [-0.3, -0.25) is 9.59 Å². The molecule has 21 heavy (non-hydrogen) atoms. The standard InChI is InChI=1S/C16H19N3O2/c1-9(2)12-5-7-13(8-6-12)19-16(21)14-10(3)17-11(4)18-15(14)20/h5-9H,1-4H3,(H,19,21)(H,17,18,20). The van der Waals surface area contributed by atoms with Crippen LogP contribution in [-0.2, 0) is 0 Å². The highest BCUT2D eigenvalue weighted by Gasteiger charge is 2.15. The molecule has 0 unspecified atom stereocenters. The molecule has 0 bridgehead atoms. The average Bonchev–Trinajstić information content (AvgIpc) is 2.37. The van der Waals surface area contributed by atoms with Crippen LogP contribution in [0, 0.1) is 13.8 Å². The smallest absolute Gasteiger partial charge is 0.264 e. The summed E-state index contributed by atoms with van der Waals surface area (Å²) in [6.07, 6.45) is 0. The second kappa shape index (κ2) is 5.91. The monoisotopic (exact) mass is 285 g/mol. The van der Waals surface area contributed by atoms with Crippen molar-refractivity contribution in [2.45, 2.75) is 33.6 Å². The molecule has 2 N–H and O–H groups in total. The summed E-state index contributed by atoms with van der Waals surface area (Å²) in [6, 6.07) is 7.59. The number of aromatic nitrogens is 2. The van der Waals surface area contributed by atoms with Crippen LogP contribution in [-0.4, -0.2) is 15.9 Å². The van der Waals surface area contributed by atoms with Crippen molar-refractivity contribution < 1.29 is 4.79 Å². The molecule has 0 radical (unpaired) electrons. The third kappa shape index (κ3) is 3.37. The van der Waals surface area contributed by atoms with Crippen LogP contribution in [0.1, 0.15) is 47.2 Å². The van der Waals surface area contributed by atoms with Crippen molar-refractivity contribution >= 4 is 11.6 Å². The van der Waals surface area contributed by atoms with Crippen molar-refractivity contribution in [3.05, 3.63) is 57.3 Å². The summed E-state index contributed by atoms with van der Waals surface area (Å²) >= 11 is 0. The number of hydrogen-bond acceptors (Lipinski definition) is 3. The van der Waals surface area contributed by atoms with Gasteiger partial charge in [0.1, 0.15) is 11.4 Å². The maximum atomic E-state index is 12.2. The highest BCUT2D eigenvalue weighted by Crippen LogP contribution is 2.17. The molecule has 2 rings (SSSR count). The number of aromatic amines is 1. The van der Waals surface area contributed by atoms with E-state index in [1.54, 1.807) is 13.8 Å². The van der Waals surface area contributed by atoms with E-state index in [9.17, 15) is 9.59 Å². The molecule has 0 fully saturated rings. The van der Waals surface area contributed by atoms with Crippen LogP contribution >= 0.6 is 0 Å². The first kappa shape index (κ1) is 15.0. The number of nitrogens with zero attached hydrogens (tertiary/aromatic N) is 1. The number of amides is 1. The summed E-state index contributed by atoms with van der Waals surface area (Å²) in [5.74, 6) is 0.482. The number of rotatable bonds is 3. The minimum Gasteiger partial charge on any atom is -0.322 e. The van der Waals surface area contributed by atoms with Crippen molar-refractivity contribution in [3.63, 3.8) is 0 Å². The number of hydrogen-bond donors (Lipinski definition) is 2. The normalized spacial score (nSPS) is 10.7. The Morgan fingerprint density at radius 2 is 1.81 bits per heavy atom. The summed E-state index contributed by atoms with van der Waals surface area (Å²) in [7, 11) is 0. The number of aryl methyl sites for hydroxylation is 2. The molecule has 110 valence electrons. The van der Waals surface area contributed by atoms with Crippen LogP contribution < -0.4 is 10.9 Å². The summed E-state index contributed by atoms with van der Waals surface area (Å²) < 4.78 is 0. The lowest BCUT2D eigenvalue weighted by atomic mass is 10.0. The Morgan fingerprint density at radius 1 is 1.19 bits per heavy atom. The molecule has 1 heterocycles. The van der Waals surface area contributed by atoms with Gasteiger partial charge in [-0.1, -0.05) is 26.0 Å². The zero-order valence-electron chi connectivity index (χ0n) is 12.7. The first-order chi connectivity index (χ1) is 9.88. The van der Waals surface area contributed by atoms with E-state index in [4.69, 9.17) is 0 Å². The zero-order chi connectivity index (χ0) is 15.6. The fourth-order valence-electron chi connectivity index (χ4n) is 2.14. The van der Waals surface area contributed by atoms with Gasteiger partial charge in [0.15, 0.2) is 0 Å². The molecule has 1 aromatic carbocycles. The first-order valence-corrected chi connectivity index (χ1v) is 6.87. The summed E-state index contributed by atoms with van der Waals surface area (Å²) in [4.78, 5) is 30.8. The van der Waals surface area contributed by atoms with Gasteiger partial charge >= 0.3 is 0 Å². The molecule has 0 aliphatic rings. The van der Waals surface area contributed by atoms with E-state index in [2.05, 4.69) is 29.1 Å². The van der Waals surface area contributed by atoms with Gasteiger partial charge in [0.2, 0.25) is 0 Å². The van der Waals surface area contributed by atoms with Gasteiger partial charge in [0.25, 0.3) is 11.5 Å². The fraction of sp³-hybridized carbons (Fsp3) is 0.312. The third-order valence-electron chi connectivity index (χ3n) is 3.28. The Hall–Kier alpha value is -2.43. The van der Waals surface area contributed by atoms with Crippen molar-refractivity contribution in [1.82, 2.24) is 9.97 Å². The van der Waals surface area contributed by atoms with Crippen molar-refractivity contribution in [2.75, 3.05) is 5.32 Å². The van der Waals surface area contributed by atoms with E-state index in [1.165, 1.54) is 5.56 Å². The molecule has 0 aliphatic carbocycles. The molecule has 5 nitrogen and oxygen atoms in total. The number of nitrogens with one attached hydrogen (secondary N) is 2. The molecule has 0 spiro atoms. The SMILES string of the molecule is Cc1nc(C)c(C(=O)Nc2ccc(C(C)C)cc2)c(=O)[nH]1. The second-order valence-electron chi connectivity index (χ2n) is 5.34. The number of anilines is 1. The van der Waals surface area contributed by atoms with E-state index in [-0.39, 0.29) is 5.56 Å². The lowest BCUT2D eigenvalue weighted by Crippen LogP contribution is -2.26. The number of carbonyl (C=O) groups excluding carboxylic acids is 1. The number of carbonyl (C=O) groups is 1. The van der Waals surface area contributed by atoms with Gasteiger partial charge in [0.05, 0.1) is 5.69 Å². The fourth-order valence-corrected chi connectivity index (χ4v) is 2.14. The predicted molar refractivity (Wildman–Crippen MR) is 82.8 cm³/mol. The van der Waals surface area contributed by atoms with Gasteiger partial charge in [0, 0.05) is 5.69 Å². The quantitative estimate of drug-likeness (QED) is 0.910. The van der Waals surface area contributed by atoms with Crippen molar-refractivity contribution in [2.24, 2.45) is 0 Å². The van der Waals surface area contributed by atoms with E-state index in [1.807, 2.05) is 24.3 Å². The first-order valence-electron chi connectivity index (χ1n) is 6.87. The van der Waals surface area contributed by atoms with Crippen LogP contribution in [0.25, 0.3) is 0 Å². The molecule has 0 aliphatic heterocycles. The highest BCUT2D eigenvalue weighted by molar-refractivity contribution is 6.04. The van der Waals surface area contributed by atoms with E-state index < -0.39 is 11.5 Å². The molecule has 1 aromatic heterocycles. The zero-order valence-corrected chi connectivity index (χ0v) is 12.7. The maximum absolute atomic E-state index is 12.2. The Morgan fingerprint density at radius 3 is 2.33 bits per heavy atom. The van der Waals surface area contributed by atoms with Crippen LogP contribution in [0.4, 0.5) is 5.69 Å². The second-order valence-corrected chi connectivity index (χ2v) is 5.34. The Bertz CT molecular complexity index is 715. The van der Waals surface area contributed by atoms with Crippen molar-refractivity contribution in [3.8, 4) is 0 Å².